The van der Waals surface area contributed by atoms with Crippen molar-refractivity contribution in [1.82, 2.24) is 9.80 Å². The molecular formula is C20H20N2O2. The van der Waals surface area contributed by atoms with Gasteiger partial charge in [-0.3, -0.25) is 9.59 Å². The van der Waals surface area contributed by atoms with Crippen LogP contribution >= 0.6 is 0 Å². The molecule has 1 fully saturated rings. The number of piperazine rings is 1. The van der Waals surface area contributed by atoms with Gasteiger partial charge in [-0.1, -0.05) is 49.4 Å². The van der Waals surface area contributed by atoms with E-state index in [1.165, 1.54) is 11.1 Å². The largest absolute Gasteiger partial charge is 0.332 e. The number of carbonyl (C=O) groups is 2. The average Bonchev–Trinajstić information content (AvgIpc) is 2.63. The van der Waals surface area contributed by atoms with Gasteiger partial charge >= 0.3 is 0 Å². The summed E-state index contributed by atoms with van der Waals surface area (Å²) in [7, 11) is 0. The highest BCUT2D eigenvalue weighted by atomic mass is 16.2. The molecule has 0 bridgehead atoms. The number of fused-ring (bicyclic) bond motifs is 3. The van der Waals surface area contributed by atoms with Gasteiger partial charge in [-0.15, -0.1) is 0 Å². The van der Waals surface area contributed by atoms with Gasteiger partial charge in [0.15, 0.2) is 0 Å². The Morgan fingerprint density at radius 1 is 0.958 bits per heavy atom. The third kappa shape index (κ3) is 2.39. The molecule has 122 valence electrons. The Labute approximate surface area is 141 Å². The van der Waals surface area contributed by atoms with E-state index in [2.05, 4.69) is 19.1 Å². The van der Waals surface area contributed by atoms with Crippen LogP contribution < -0.4 is 0 Å². The predicted molar refractivity (Wildman–Crippen MR) is 91.7 cm³/mol. The average molecular weight is 320 g/mol. The van der Waals surface area contributed by atoms with Gasteiger partial charge in [0.05, 0.1) is 6.04 Å². The van der Waals surface area contributed by atoms with Crippen LogP contribution in [-0.2, 0) is 4.79 Å². The fraction of sp³-hybridized carbons (Fsp3) is 0.300. The van der Waals surface area contributed by atoms with Crippen LogP contribution in [0.1, 0.15) is 40.4 Å². The highest BCUT2D eigenvalue weighted by Gasteiger charge is 2.40. The summed E-state index contributed by atoms with van der Waals surface area (Å²) in [5.41, 5.74) is 3.10. The molecule has 0 spiro atoms. The first-order chi connectivity index (χ1) is 11.6. The molecule has 2 aromatic carbocycles. The van der Waals surface area contributed by atoms with Crippen molar-refractivity contribution >= 4 is 11.8 Å². The Morgan fingerprint density at radius 2 is 1.62 bits per heavy atom. The summed E-state index contributed by atoms with van der Waals surface area (Å²) in [6, 6.07) is 17.4. The van der Waals surface area contributed by atoms with Crippen LogP contribution in [-0.4, -0.2) is 41.2 Å². The molecule has 4 rings (SSSR count). The summed E-state index contributed by atoms with van der Waals surface area (Å²) >= 11 is 0. The molecular weight excluding hydrogens is 300 g/mol. The van der Waals surface area contributed by atoms with Gasteiger partial charge in [0.1, 0.15) is 6.54 Å². The third-order valence-corrected chi connectivity index (χ3v) is 5.08. The molecule has 2 aromatic rings. The van der Waals surface area contributed by atoms with Gasteiger partial charge in [-0.2, -0.15) is 0 Å². The molecule has 0 aliphatic carbocycles. The molecule has 2 aliphatic rings. The Hall–Kier alpha value is -2.62. The van der Waals surface area contributed by atoms with Crippen LogP contribution in [0.5, 0.6) is 0 Å². The van der Waals surface area contributed by atoms with Crippen LogP contribution in [0.2, 0.25) is 0 Å². The molecule has 2 amide bonds. The summed E-state index contributed by atoms with van der Waals surface area (Å²) in [6.45, 7) is 3.61. The second kappa shape index (κ2) is 5.78. The minimum Gasteiger partial charge on any atom is -0.332 e. The number of carbonyl (C=O) groups excluding carboxylic acids is 2. The number of rotatable bonds is 1. The number of hydrogen-bond acceptors (Lipinski definition) is 2. The highest BCUT2D eigenvalue weighted by Crippen LogP contribution is 2.38. The lowest BCUT2D eigenvalue weighted by molar-refractivity contribution is -0.139. The van der Waals surface area contributed by atoms with E-state index in [4.69, 9.17) is 0 Å². The van der Waals surface area contributed by atoms with E-state index in [0.29, 0.717) is 18.0 Å². The smallest absolute Gasteiger partial charge is 0.254 e. The molecule has 2 atom stereocenters. The van der Waals surface area contributed by atoms with Crippen molar-refractivity contribution in [3.05, 3.63) is 71.3 Å². The fourth-order valence-corrected chi connectivity index (χ4v) is 3.87. The predicted octanol–water partition coefficient (Wildman–Crippen LogP) is 2.83. The topological polar surface area (TPSA) is 40.6 Å². The lowest BCUT2D eigenvalue weighted by Gasteiger charge is -2.46. The minimum atomic E-state index is -0.0697. The Balaban J connectivity index is 1.67. The molecule has 2 unspecified atom stereocenters. The van der Waals surface area contributed by atoms with E-state index in [9.17, 15) is 9.59 Å². The van der Waals surface area contributed by atoms with Gasteiger partial charge in [-0.05, 0) is 29.2 Å². The van der Waals surface area contributed by atoms with E-state index in [0.717, 1.165) is 6.54 Å². The summed E-state index contributed by atoms with van der Waals surface area (Å²) in [6.07, 6.45) is 0. The fourth-order valence-electron chi connectivity index (χ4n) is 3.87. The first-order valence-electron chi connectivity index (χ1n) is 8.38. The summed E-state index contributed by atoms with van der Waals surface area (Å²) < 4.78 is 0. The second-order valence-electron chi connectivity index (χ2n) is 6.64. The van der Waals surface area contributed by atoms with Crippen molar-refractivity contribution in [1.29, 1.82) is 0 Å². The first-order valence-corrected chi connectivity index (χ1v) is 8.38. The number of amides is 2. The summed E-state index contributed by atoms with van der Waals surface area (Å²) in [5, 5.41) is 0. The SMILES string of the molecule is CC1CN2C(=O)CN(C(=O)c3ccccc3)CC2c2ccccc21. The van der Waals surface area contributed by atoms with E-state index >= 15 is 0 Å². The molecule has 2 heterocycles. The van der Waals surface area contributed by atoms with Gasteiger partial charge in [0.2, 0.25) is 5.91 Å². The van der Waals surface area contributed by atoms with Crippen LogP contribution in [0, 0.1) is 0 Å². The number of hydrogen-bond donors (Lipinski definition) is 0. The Kier molecular flexibility index (Phi) is 3.60. The normalized spacial score (nSPS) is 22.8. The quantitative estimate of drug-likeness (QED) is 0.811. The van der Waals surface area contributed by atoms with Crippen molar-refractivity contribution in [2.75, 3.05) is 19.6 Å². The molecule has 4 nitrogen and oxygen atoms in total. The first kappa shape index (κ1) is 14.9. The van der Waals surface area contributed by atoms with Gasteiger partial charge < -0.3 is 9.80 Å². The van der Waals surface area contributed by atoms with Crippen LogP contribution in [0.3, 0.4) is 0 Å². The maximum atomic E-state index is 12.8. The zero-order chi connectivity index (χ0) is 16.7. The molecule has 2 aliphatic heterocycles. The van der Waals surface area contributed by atoms with E-state index in [1.807, 2.05) is 35.2 Å². The monoisotopic (exact) mass is 320 g/mol. The number of benzene rings is 2. The van der Waals surface area contributed by atoms with Crippen LogP contribution in [0.4, 0.5) is 0 Å². The summed E-state index contributed by atoms with van der Waals surface area (Å²) in [4.78, 5) is 29.0. The van der Waals surface area contributed by atoms with Crippen molar-refractivity contribution in [3.8, 4) is 0 Å². The molecule has 4 heteroatoms. The standard InChI is InChI=1S/C20H20N2O2/c1-14-11-22-18(17-10-6-5-9-16(14)17)12-21(13-19(22)23)20(24)15-7-3-2-4-8-15/h2-10,14,18H,11-13H2,1H3. The van der Waals surface area contributed by atoms with Crippen LogP contribution in [0.25, 0.3) is 0 Å². The number of nitrogens with zero attached hydrogens (tertiary/aromatic N) is 2. The zero-order valence-corrected chi connectivity index (χ0v) is 13.7. The Morgan fingerprint density at radius 3 is 2.38 bits per heavy atom. The van der Waals surface area contributed by atoms with Crippen molar-refractivity contribution in [2.24, 2.45) is 0 Å². The highest BCUT2D eigenvalue weighted by molar-refractivity contribution is 5.97. The van der Waals surface area contributed by atoms with Gasteiger partial charge in [0.25, 0.3) is 5.91 Å². The van der Waals surface area contributed by atoms with Gasteiger partial charge in [0, 0.05) is 18.7 Å². The second-order valence-corrected chi connectivity index (χ2v) is 6.64. The molecule has 0 N–H and O–H groups in total. The minimum absolute atomic E-state index is 0.0358. The maximum absolute atomic E-state index is 12.8. The van der Waals surface area contributed by atoms with Gasteiger partial charge in [-0.25, -0.2) is 0 Å². The third-order valence-electron chi connectivity index (χ3n) is 5.08. The molecule has 24 heavy (non-hydrogen) atoms. The molecule has 1 saturated heterocycles. The zero-order valence-electron chi connectivity index (χ0n) is 13.7. The molecule has 0 aromatic heterocycles. The maximum Gasteiger partial charge on any atom is 0.254 e. The lowest BCUT2D eigenvalue weighted by Crippen LogP contribution is -2.56. The Bertz CT molecular complexity index is 787. The van der Waals surface area contributed by atoms with E-state index in [1.54, 1.807) is 17.0 Å². The summed E-state index contributed by atoms with van der Waals surface area (Å²) in [5.74, 6) is 0.300. The van der Waals surface area contributed by atoms with E-state index in [-0.39, 0.29) is 24.4 Å². The van der Waals surface area contributed by atoms with Crippen LogP contribution in [0.15, 0.2) is 54.6 Å². The van der Waals surface area contributed by atoms with Crippen molar-refractivity contribution in [3.63, 3.8) is 0 Å². The van der Waals surface area contributed by atoms with Crippen molar-refractivity contribution in [2.45, 2.75) is 18.9 Å². The molecule has 0 radical (unpaired) electrons. The van der Waals surface area contributed by atoms with E-state index < -0.39 is 0 Å². The molecule has 0 saturated carbocycles. The lowest BCUT2D eigenvalue weighted by atomic mass is 9.85. The van der Waals surface area contributed by atoms with Crippen molar-refractivity contribution < 1.29 is 9.59 Å².